The average Bonchev–Trinajstić information content (AvgIpc) is 2.75. The zero-order valence-corrected chi connectivity index (χ0v) is 12.0. The minimum absolute atomic E-state index is 0.396. The summed E-state index contributed by atoms with van der Waals surface area (Å²) in [7, 11) is 0. The Hall–Kier alpha value is -1.09. The number of aromatic nitrogens is 3. The standard InChI is InChI=1S/C14H20ClN3/c1-4-10(2)11(3)18-13(7-8-15)17-12-6-5-9-16-14(12)18/h5-6,9-11H,4,7-8H2,1-3H3. The lowest BCUT2D eigenvalue weighted by molar-refractivity contribution is 0.368. The van der Waals surface area contributed by atoms with Crippen LogP contribution in [0.15, 0.2) is 18.3 Å². The molecule has 0 radical (unpaired) electrons. The predicted octanol–water partition coefficient (Wildman–Crippen LogP) is 3.82. The summed E-state index contributed by atoms with van der Waals surface area (Å²) < 4.78 is 2.26. The highest BCUT2D eigenvalue weighted by atomic mass is 35.5. The molecule has 2 aromatic rings. The van der Waals surface area contributed by atoms with Gasteiger partial charge < -0.3 is 4.57 Å². The molecule has 0 aliphatic rings. The average molecular weight is 266 g/mol. The van der Waals surface area contributed by atoms with Gasteiger partial charge in [0.05, 0.1) is 0 Å². The maximum Gasteiger partial charge on any atom is 0.160 e. The van der Waals surface area contributed by atoms with Crippen molar-refractivity contribution in [1.29, 1.82) is 0 Å². The van der Waals surface area contributed by atoms with Gasteiger partial charge in [0.2, 0.25) is 0 Å². The third kappa shape index (κ3) is 2.37. The van der Waals surface area contributed by atoms with Gasteiger partial charge >= 0.3 is 0 Å². The van der Waals surface area contributed by atoms with Crippen LogP contribution in [0.2, 0.25) is 0 Å². The molecule has 2 unspecified atom stereocenters. The zero-order valence-electron chi connectivity index (χ0n) is 11.2. The highest BCUT2D eigenvalue weighted by Crippen LogP contribution is 2.26. The highest BCUT2D eigenvalue weighted by molar-refractivity contribution is 6.17. The highest BCUT2D eigenvalue weighted by Gasteiger charge is 2.19. The maximum atomic E-state index is 5.88. The number of rotatable bonds is 5. The fourth-order valence-electron chi connectivity index (χ4n) is 2.26. The molecule has 0 aromatic carbocycles. The Labute approximate surface area is 113 Å². The topological polar surface area (TPSA) is 30.7 Å². The molecule has 2 aromatic heterocycles. The first-order valence-electron chi connectivity index (χ1n) is 6.56. The molecule has 0 bridgehead atoms. The normalized spacial score (nSPS) is 14.9. The number of pyridine rings is 1. The van der Waals surface area contributed by atoms with E-state index in [9.17, 15) is 0 Å². The first kappa shape index (κ1) is 13.3. The second kappa shape index (κ2) is 5.70. The van der Waals surface area contributed by atoms with Crippen molar-refractivity contribution in [3.05, 3.63) is 24.2 Å². The molecule has 3 nitrogen and oxygen atoms in total. The molecule has 0 spiro atoms. The van der Waals surface area contributed by atoms with E-state index in [0.717, 1.165) is 29.8 Å². The van der Waals surface area contributed by atoms with Gasteiger partial charge in [-0.25, -0.2) is 9.97 Å². The van der Waals surface area contributed by atoms with Crippen LogP contribution in [0, 0.1) is 5.92 Å². The van der Waals surface area contributed by atoms with Crippen molar-refractivity contribution in [1.82, 2.24) is 14.5 Å². The Morgan fingerprint density at radius 1 is 1.39 bits per heavy atom. The van der Waals surface area contributed by atoms with E-state index in [1.807, 2.05) is 18.3 Å². The predicted molar refractivity (Wildman–Crippen MR) is 76.1 cm³/mol. The molecular weight excluding hydrogens is 246 g/mol. The van der Waals surface area contributed by atoms with Gasteiger partial charge in [0.1, 0.15) is 11.3 Å². The van der Waals surface area contributed by atoms with E-state index >= 15 is 0 Å². The fourth-order valence-corrected chi connectivity index (χ4v) is 2.43. The summed E-state index contributed by atoms with van der Waals surface area (Å²) in [5.41, 5.74) is 1.94. The molecule has 0 saturated heterocycles. The van der Waals surface area contributed by atoms with Crippen LogP contribution in [0.1, 0.15) is 39.1 Å². The Morgan fingerprint density at radius 2 is 2.17 bits per heavy atom. The Morgan fingerprint density at radius 3 is 2.83 bits per heavy atom. The first-order chi connectivity index (χ1) is 8.69. The number of imidazole rings is 1. The number of hydrogen-bond donors (Lipinski definition) is 0. The Kier molecular flexibility index (Phi) is 4.23. The van der Waals surface area contributed by atoms with Gasteiger partial charge in [-0.2, -0.15) is 0 Å². The van der Waals surface area contributed by atoms with Crippen molar-refractivity contribution in [2.45, 2.75) is 39.7 Å². The van der Waals surface area contributed by atoms with Crippen molar-refractivity contribution in [3.63, 3.8) is 0 Å². The van der Waals surface area contributed by atoms with Gasteiger partial charge in [-0.3, -0.25) is 0 Å². The summed E-state index contributed by atoms with van der Waals surface area (Å²) in [5.74, 6) is 2.24. The van der Waals surface area contributed by atoms with E-state index in [1.165, 1.54) is 0 Å². The number of alkyl halides is 1. The molecule has 0 saturated carbocycles. The molecule has 0 aliphatic heterocycles. The van der Waals surface area contributed by atoms with Crippen molar-refractivity contribution in [2.75, 3.05) is 5.88 Å². The van der Waals surface area contributed by atoms with Gasteiger partial charge in [-0.1, -0.05) is 20.3 Å². The lowest BCUT2D eigenvalue weighted by Gasteiger charge is -2.22. The Bertz CT molecular complexity index is 521. The van der Waals surface area contributed by atoms with Crippen LogP contribution < -0.4 is 0 Å². The molecule has 4 heteroatoms. The van der Waals surface area contributed by atoms with Crippen LogP contribution in [0.25, 0.3) is 11.2 Å². The quantitative estimate of drug-likeness (QED) is 0.770. The van der Waals surface area contributed by atoms with Crippen LogP contribution in [0.3, 0.4) is 0 Å². The molecule has 2 atom stereocenters. The van der Waals surface area contributed by atoms with Crippen LogP contribution >= 0.6 is 11.6 Å². The summed E-state index contributed by atoms with van der Waals surface area (Å²) in [4.78, 5) is 9.14. The van der Waals surface area contributed by atoms with Gasteiger partial charge in [0.25, 0.3) is 0 Å². The van der Waals surface area contributed by atoms with E-state index in [2.05, 4.69) is 35.3 Å². The number of fused-ring (bicyclic) bond motifs is 1. The third-order valence-electron chi connectivity index (χ3n) is 3.71. The summed E-state index contributed by atoms with van der Waals surface area (Å²) >= 11 is 5.88. The van der Waals surface area contributed by atoms with Crippen LogP contribution in [0.5, 0.6) is 0 Å². The zero-order chi connectivity index (χ0) is 13.1. The lowest BCUT2D eigenvalue weighted by atomic mass is 10.0. The smallest absolute Gasteiger partial charge is 0.160 e. The molecule has 2 rings (SSSR count). The maximum absolute atomic E-state index is 5.88. The van der Waals surface area contributed by atoms with E-state index < -0.39 is 0 Å². The lowest BCUT2D eigenvalue weighted by Crippen LogP contribution is -2.17. The first-order valence-corrected chi connectivity index (χ1v) is 7.10. The number of aryl methyl sites for hydroxylation is 1. The van der Waals surface area contributed by atoms with Crippen LogP contribution in [-0.2, 0) is 6.42 Å². The van der Waals surface area contributed by atoms with Crippen molar-refractivity contribution in [2.24, 2.45) is 5.92 Å². The second-order valence-corrected chi connectivity index (χ2v) is 5.19. The van der Waals surface area contributed by atoms with E-state index in [0.29, 0.717) is 17.8 Å². The van der Waals surface area contributed by atoms with Gasteiger partial charge in [0, 0.05) is 24.5 Å². The molecule has 0 fully saturated rings. The van der Waals surface area contributed by atoms with Crippen molar-refractivity contribution in [3.8, 4) is 0 Å². The molecule has 18 heavy (non-hydrogen) atoms. The van der Waals surface area contributed by atoms with Crippen LogP contribution in [0.4, 0.5) is 0 Å². The fraction of sp³-hybridized carbons (Fsp3) is 0.571. The summed E-state index contributed by atoms with van der Waals surface area (Å²) in [6, 6.07) is 4.34. The van der Waals surface area contributed by atoms with Gasteiger partial charge in [-0.15, -0.1) is 11.6 Å². The second-order valence-electron chi connectivity index (χ2n) is 4.81. The van der Waals surface area contributed by atoms with Crippen LogP contribution in [-0.4, -0.2) is 20.4 Å². The van der Waals surface area contributed by atoms with Gasteiger partial charge in [-0.05, 0) is 25.0 Å². The molecule has 0 N–H and O–H groups in total. The minimum atomic E-state index is 0.396. The molecule has 0 amide bonds. The Balaban J connectivity index is 2.54. The van der Waals surface area contributed by atoms with E-state index in [-0.39, 0.29) is 0 Å². The molecular formula is C14H20ClN3. The number of hydrogen-bond acceptors (Lipinski definition) is 2. The van der Waals surface area contributed by atoms with Crippen molar-refractivity contribution >= 4 is 22.8 Å². The van der Waals surface area contributed by atoms with E-state index in [4.69, 9.17) is 11.6 Å². The van der Waals surface area contributed by atoms with E-state index in [1.54, 1.807) is 0 Å². The summed E-state index contributed by atoms with van der Waals surface area (Å²) in [6.07, 6.45) is 3.76. The summed E-state index contributed by atoms with van der Waals surface area (Å²) in [5, 5.41) is 0. The monoisotopic (exact) mass is 265 g/mol. The molecule has 98 valence electrons. The number of nitrogens with zero attached hydrogens (tertiary/aromatic N) is 3. The van der Waals surface area contributed by atoms with Crippen molar-refractivity contribution < 1.29 is 0 Å². The van der Waals surface area contributed by atoms with Gasteiger partial charge in [0.15, 0.2) is 5.65 Å². The minimum Gasteiger partial charge on any atom is -0.310 e. The summed E-state index contributed by atoms with van der Waals surface area (Å²) in [6.45, 7) is 6.72. The molecule has 2 heterocycles. The third-order valence-corrected chi connectivity index (χ3v) is 3.90. The number of halogens is 1. The largest absolute Gasteiger partial charge is 0.310 e. The molecule has 0 aliphatic carbocycles. The SMILES string of the molecule is CCC(C)C(C)n1c(CCCl)nc2cccnc21.